The van der Waals surface area contributed by atoms with Gasteiger partial charge >= 0.3 is 0 Å². The predicted molar refractivity (Wildman–Crippen MR) is 63.3 cm³/mol. The lowest BCUT2D eigenvalue weighted by Gasteiger charge is -2.03. The maximum atomic E-state index is 8.08. The summed E-state index contributed by atoms with van der Waals surface area (Å²) in [6.07, 6.45) is 4.65. The van der Waals surface area contributed by atoms with Crippen molar-refractivity contribution in [2.75, 3.05) is 12.3 Å². The van der Waals surface area contributed by atoms with Crippen LogP contribution < -0.4 is 5.73 Å². The maximum absolute atomic E-state index is 8.08. The molecule has 2 N–H and O–H groups in total. The summed E-state index contributed by atoms with van der Waals surface area (Å²) >= 11 is 0. The SMILES string of the molecule is Cc1cccc(C=CCCN=[N+]=[N-])c1N. The van der Waals surface area contributed by atoms with Crippen LogP contribution in [-0.4, -0.2) is 6.54 Å². The van der Waals surface area contributed by atoms with Crippen molar-refractivity contribution in [3.8, 4) is 0 Å². The smallest absolute Gasteiger partial charge is 0.0417 e. The monoisotopic (exact) mass is 202 g/mol. The minimum Gasteiger partial charge on any atom is -0.398 e. The van der Waals surface area contributed by atoms with Gasteiger partial charge in [-0.25, -0.2) is 0 Å². The van der Waals surface area contributed by atoms with E-state index in [0.29, 0.717) is 6.54 Å². The summed E-state index contributed by atoms with van der Waals surface area (Å²) < 4.78 is 0. The Morgan fingerprint density at radius 3 is 3.07 bits per heavy atom. The zero-order chi connectivity index (χ0) is 11.1. The van der Waals surface area contributed by atoms with Crippen molar-refractivity contribution in [1.82, 2.24) is 0 Å². The highest BCUT2D eigenvalue weighted by Crippen LogP contribution is 2.17. The highest BCUT2D eigenvalue weighted by Gasteiger charge is 1.96. The third-order valence-corrected chi connectivity index (χ3v) is 2.11. The van der Waals surface area contributed by atoms with Crippen molar-refractivity contribution in [1.29, 1.82) is 0 Å². The number of benzene rings is 1. The van der Waals surface area contributed by atoms with E-state index in [0.717, 1.165) is 23.2 Å². The molecule has 0 unspecified atom stereocenters. The van der Waals surface area contributed by atoms with Gasteiger partial charge in [-0.1, -0.05) is 35.5 Å². The van der Waals surface area contributed by atoms with Crippen LogP contribution >= 0.6 is 0 Å². The topological polar surface area (TPSA) is 74.8 Å². The van der Waals surface area contributed by atoms with E-state index in [1.54, 1.807) is 0 Å². The normalized spacial score (nSPS) is 10.2. The molecule has 15 heavy (non-hydrogen) atoms. The van der Waals surface area contributed by atoms with E-state index in [9.17, 15) is 0 Å². The lowest BCUT2D eigenvalue weighted by Crippen LogP contribution is -1.92. The first-order chi connectivity index (χ1) is 7.25. The maximum Gasteiger partial charge on any atom is 0.0417 e. The Hall–Kier alpha value is -1.93. The number of nitrogens with two attached hydrogens (primary N) is 1. The van der Waals surface area contributed by atoms with Crippen LogP contribution in [0.5, 0.6) is 0 Å². The molecule has 0 aliphatic heterocycles. The molecule has 0 atom stereocenters. The average Bonchev–Trinajstić information content (AvgIpc) is 2.24. The summed E-state index contributed by atoms with van der Waals surface area (Å²) in [7, 11) is 0. The highest BCUT2D eigenvalue weighted by molar-refractivity contribution is 5.67. The molecular formula is C11H14N4. The van der Waals surface area contributed by atoms with Crippen LogP contribution in [0.1, 0.15) is 17.5 Å². The van der Waals surface area contributed by atoms with Gasteiger partial charge in [-0.15, -0.1) is 0 Å². The number of para-hydroxylation sites is 1. The van der Waals surface area contributed by atoms with E-state index in [2.05, 4.69) is 10.0 Å². The lowest BCUT2D eigenvalue weighted by molar-refractivity contribution is 0.996. The quantitative estimate of drug-likeness (QED) is 0.263. The summed E-state index contributed by atoms with van der Waals surface area (Å²) in [6, 6.07) is 5.91. The molecule has 1 aromatic rings. The molecule has 1 rings (SSSR count). The van der Waals surface area contributed by atoms with Crippen LogP contribution in [0.4, 0.5) is 5.69 Å². The lowest BCUT2D eigenvalue weighted by atomic mass is 10.1. The van der Waals surface area contributed by atoms with Crippen molar-refractivity contribution < 1.29 is 0 Å². The fourth-order valence-corrected chi connectivity index (χ4v) is 1.24. The van der Waals surface area contributed by atoms with Crippen molar-refractivity contribution >= 4 is 11.8 Å². The molecule has 0 bridgehead atoms. The Morgan fingerprint density at radius 2 is 2.33 bits per heavy atom. The van der Waals surface area contributed by atoms with Gasteiger partial charge in [0.05, 0.1) is 0 Å². The van der Waals surface area contributed by atoms with Gasteiger partial charge in [0.2, 0.25) is 0 Å². The van der Waals surface area contributed by atoms with E-state index in [1.807, 2.05) is 37.3 Å². The second kappa shape index (κ2) is 5.73. The van der Waals surface area contributed by atoms with Crippen LogP contribution in [0.2, 0.25) is 0 Å². The van der Waals surface area contributed by atoms with Gasteiger partial charge in [-0.05, 0) is 30.0 Å². The number of aryl methyl sites for hydroxylation is 1. The number of hydrogen-bond acceptors (Lipinski definition) is 2. The Morgan fingerprint density at radius 1 is 1.53 bits per heavy atom. The Balaban J connectivity index is 2.64. The van der Waals surface area contributed by atoms with Crippen molar-refractivity contribution in [3.63, 3.8) is 0 Å². The average molecular weight is 202 g/mol. The van der Waals surface area contributed by atoms with Crippen molar-refractivity contribution in [2.24, 2.45) is 5.11 Å². The number of anilines is 1. The number of azide groups is 1. The first-order valence-corrected chi connectivity index (χ1v) is 4.78. The summed E-state index contributed by atoms with van der Waals surface area (Å²) in [5.41, 5.74) is 16.9. The van der Waals surface area contributed by atoms with Gasteiger partial charge in [0.25, 0.3) is 0 Å². The molecule has 1 aromatic carbocycles. The molecule has 0 aromatic heterocycles. The van der Waals surface area contributed by atoms with Gasteiger partial charge < -0.3 is 5.73 Å². The first-order valence-electron chi connectivity index (χ1n) is 4.78. The molecular weight excluding hydrogens is 188 g/mol. The van der Waals surface area contributed by atoms with Gasteiger partial charge in [-0.2, -0.15) is 0 Å². The second-order valence-electron chi connectivity index (χ2n) is 3.22. The third-order valence-electron chi connectivity index (χ3n) is 2.11. The molecule has 0 saturated heterocycles. The third kappa shape index (κ3) is 3.37. The Bertz CT molecular complexity index is 403. The van der Waals surface area contributed by atoms with E-state index < -0.39 is 0 Å². The van der Waals surface area contributed by atoms with Gasteiger partial charge in [0, 0.05) is 17.1 Å². The zero-order valence-electron chi connectivity index (χ0n) is 8.72. The fourth-order valence-electron chi connectivity index (χ4n) is 1.24. The first kappa shape index (κ1) is 11.1. The minimum absolute atomic E-state index is 0.485. The molecule has 0 spiro atoms. The summed E-state index contributed by atoms with van der Waals surface area (Å²) in [6.45, 7) is 2.46. The molecule has 4 nitrogen and oxygen atoms in total. The van der Waals surface area contributed by atoms with Crippen molar-refractivity contribution in [3.05, 3.63) is 45.8 Å². The molecule has 0 radical (unpaired) electrons. The predicted octanol–water partition coefficient (Wildman–Crippen LogP) is 3.29. The number of nitrogen functional groups attached to an aromatic ring is 1. The van der Waals surface area contributed by atoms with Crippen molar-refractivity contribution in [2.45, 2.75) is 13.3 Å². The van der Waals surface area contributed by atoms with Gasteiger partial charge in [-0.3, -0.25) is 0 Å². The van der Waals surface area contributed by atoms with E-state index in [4.69, 9.17) is 11.3 Å². The fraction of sp³-hybridized carbons (Fsp3) is 0.273. The van der Waals surface area contributed by atoms with Crippen LogP contribution in [0, 0.1) is 6.92 Å². The highest BCUT2D eigenvalue weighted by atomic mass is 15.1. The van der Waals surface area contributed by atoms with Crippen LogP contribution in [0.3, 0.4) is 0 Å². The molecule has 78 valence electrons. The molecule has 0 aliphatic rings. The molecule has 0 heterocycles. The zero-order valence-corrected chi connectivity index (χ0v) is 8.72. The van der Waals surface area contributed by atoms with Crippen LogP contribution in [-0.2, 0) is 0 Å². The Kier molecular flexibility index (Phi) is 4.26. The molecule has 0 fully saturated rings. The van der Waals surface area contributed by atoms with Crippen LogP contribution in [0.25, 0.3) is 16.5 Å². The summed E-state index contributed by atoms with van der Waals surface area (Å²) in [4.78, 5) is 2.68. The van der Waals surface area contributed by atoms with E-state index in [1.165, 1.54) is 0 Å². The molecule has 0 saturated carbocycles. The summed E-state index contributed by atoms with van der Waals surface area (Å²) in [5, 5.41) is 3.44. The summed E-state index contributed by atoms with van der Waals surface area (Å²) in [5.74, 6) is 0. The van der Waals surface area contributed by atoms with Gasteiger partial charge in [0.1, 0.15) is 0 Å². The standard InChI is InChI=1S/C11H14N4/c1-9-5-4-7-10(11(9)12)6-2-3-8-14-15-13/h2,4-7H,3,8,12H2,1H3. The molecule has 4 heteroatoms. The second-order valence-corrected chi connectivity index (χ2v) is 3.22. The van der Waals surface area contributed by atoms with E-state index in [-0.39, 0.29) is 0 Å². The van der Waals surface area contributed by atoms with Gasteiger partial charge in [0.15, 0.2) is 0 Å². The van der Waals surface area contributed by atoms with Crippen LogP contribution in [0.15, 0.2) is 29.4 Å². The van der Waals surface area contributed by atoms with E-state index >= 15 is 0 Å². The minimum atomic E-state index is 0.485. The largest absolute Gasteiger partial charge is 0.398 e. The Labute approximate surface area is 89.0 Å². The number of rotatable bonds is 4. The number of hydrogen-bond donors (Lipinski definition) is 1. The molecule has 0 aliphatic carbocycles. The number of nitrogens with zero attached hydrogens (tertiary/aromatic N) is 3. The molecule has 0 amide bonds.